The normalized spacial score (nSPS) is 11.5. The van der Waals surface area contributed by atoms with E-state index < -0.39 is 11.7 Å². The highest BCUT2D eigenvalue weighted by molar-refractivity contribution is 9.10. The van der Waals surface area contributed by atoms with E-state index in [9.17, 15) is 18.0 Å². The minimum absolute atomic E-state index is 0.136. The summed E-state index contributed by atoms with van der Waals surface area (Å²) in [5, 5.41) is 2.50. The summed E-state index contributed by atoms with van der Waals surface area (Å²) in [6.07, 6.45) is -0.690. The van der Waals surface area contributed by atoms with Crippen molar-refractivity contribution in [3.63, 3.8) is 0 Å². The van der Waals surface area contributed by atoms with Crippen LogP contribution >= 0.6 is 15.9 Å². The summed E-state index contributed by atoms with van der Waals surface area (Å²) < 4.78 is 38.3. The third-order valence-corrected chi connectivity index (χ3v) is 3.62. The molecule has 1 aromatic rings. The highest BCUT2D eigenvalue weighted by atomic mass is 79.9. The zero-order valence-electron chi connectivity index (χ0n) is 11.5. The standard InChI is InChI=1S/C14H18BrF3N2O/c15-11-7-6-10(14(16,17)18)9-12(11)20-13(21)5-3-1-2-4-8-19/h6-7,9H,1-5,8,19H2,(H,20,21). The van der Waals surface area contributed by atoms with E-state index in [-0.39, 0.29) is 18.0 Å². The molecule has 0 spiro atoms. The van der Waals surface area contributed by atoms with Crippen LogP contribution in [0.2, 0.25) is 0 Å². The van der Waals surface area contributed by atoms with Crippen molar-refractivity contribution in [2.24, 2.45) is 5.73 Å². The molecular weight excluding hydrogens is 349 g/mol. The summed E-state index contributed by atoms with van der Waals surface area (Å²) in [7, 11) is 0. The first-order chi connectivity index (χ1) is 9.84. The molecule has 0 aliphatic rings. The van der Waals surface area contributed by atoms with Gasteiger partial charge in [0, 0.05) is 10.9 Å². The van der Waals surface area contributed by atoms with Crippen LogP contribution in [0, 0.1) is 0 Å². The molecule has 0 atom stereocenters. The Balaban J connectivity index is 2.55. The van der Waals surface area contributed by atoms with E-state index in [1.54, 1.807) is 0 Å². The van der Waals surface area contributed by atoms with Crippen molar-refractivity contribution in [2.45, 2.75) is 38.3 Å². The Morgan fingerprint density at radius 1 is 1.19 bits per heavy atom. The fraction of sp³-hybridized carbons (Fsp3) is 0.500. The van der Waals surface area contributed by atoms with E-state index in [0.717, 1.165) is 31.4 Å². The number of hydrogen-bond acceptors (Lipinski definition) is 2. The van der Waals surface area contributed by atoms with Crippen LogP contribution in [0.25, 0.3) is 0 Å². The number of amides is 1. The molecule has 3 N–H and O–H groups in total. The van der Waals surface area contributed by atoms with E-state index in [0.29, 0.717) is 17.4 Å². The largest absolute Gasteiger partial charge is 0.416 e. The van der Waals surface area contributed by atoms with Crippen molar-refractivity contribution in [3.8, 4) is 0 Å². The van der Waals surface area contributed by atoms with Gasteiger partial charge in [0.15, 0.2) is 0 Å². The second-order valence-electron chi connectivity index (χ2n) is 4.69. The van der Waals surface area contributed by atoms with Gasteiger partial charge in [-0.1, -0.05) is 12.8 Å². The molecule has 21 heavy (non-hydrogen) atoms. The maximum Gasteiger partial charge on any atom is 0.416 e. The third kappa shape index (κ3) is 6.48. The number of nitrogens with one attached hydrogen (secondary N) is 1. The molecule has 0 fully saturated rings. The van der Waals surface area contributed by atoms with Crippen LogP contribution in [0.4, 0.5) is 18.9 Å². The number of carbonyl (C=O) groups excluding carboxylic acids is 1. The van der Waals surface area contributed by atoms with Gasteiger partial charge < -0.3 is 11.1 Å². The van der Waals surface area contributed by atoms with Crippen molar-refractivity contribution in [1.82, 2.24) is 0 Å². The molecule has 1 aromatic carbocycles. The molecule has 118 valence electrons. The van der Waals surface area contributed by atoms with Gasteiger partial charge in [0.1, 0.15) is 0 Å². The van der Waals surface area contributed by atoms with Crippen molar-refractivity contribution in [3.05, 3.63) is 28.2 Å². The summed E-state index contributed by atoms with van der Waals surface area (Å²) in [5.41, 5.74) is 4.71. The zero-order valence-corrected chi connectivity index (χ0v) is 13.1. The molecule has 0 unspecified atom stereocenters. The molecule has 7 heteroatoms. The van der Waals surface area contributed by atoms with Gasteiger partial charge in [-0.15, -0.1) is 0 Å². The van der Waals surface area contributed by atoms with E-state index >= 15 is 0 Å². The van der Waals surface area contributed by atoms with Gasteiger partial charge in [-0.25, -0.2) is 0 Å². The lowest BCUT2D eigenvalue weighted by Crippen LogP contribution is -2.13. The number of hydrogen-bond donors (Lipinski definition) is 2. The van der Waals surface area contributed by atoms with Crippen molar-refractivity contribution in [1.29, 1.82) is 0 Å². The Kier molecular flexibility index (Phi) is 7.17. The number of nitrogens with two attached hydrogens (primary N) is 1. The summed E-state index contributed by atoms with van der Waals surface area (Å²) in [6.45, 7) is 0.628. The first-order valence-corrected chi connectivity index (χ1v) is 7.50. The lowest BCUT2D eigenvalue weighted by molar-refractivity contribution is -0.137. The molecule has 0 aromatic heterocycles. The SMILES string of the molecule is NCCCCCCC(=O)Nc1cc(C(F)(F)F)ccc1Br. The van der Waals surface area contributed by atoms with Gasteiger partial charge in [0.2, 0.25) is 5.91 Å². The van der Waals surface area contributed by atoms with E-state index in [1.165, 1.54) is 6.07 Å². The molecule has 0 radical (unpaired) electrons. The van der Waals surface area contributed by atoms with Crippen LogP contribution in [0.15, 0.2) is 22.7 Å². The molecular formula is C14H18BrF3N2O. The van der Waals surface area contributed by atoms with Gasteiger partial charge in [-0.05, 0) is 53.5 Å². The molecule has 0 bridgehead atoms. The highest BCUT2D eigenvalue weighted by Gasteiger charge is 2.31. The number of benzene rings is 1. The van der Waals surface area contributed by atoms with E-state index in [4.69, 9.17) is 5.73 Å². The second kappa shape index (κ2) is 8.38. The fourth-order valence-corrected chi connectivity index (χ4v) is 2.14. The van der Waals surface area contributed by atoms with Crippen LogP contribution in [0.5, 0.6) is 0 Å². The fourth-order valence-electron chi connectivity index (χ4n) is 1.79. The first-order valence-electron chi connectivity index (χ1n) is 6.71. The maximum atomic E-state index is 12.6. The number of rotatable bonds is 7. The molecule has 0 aliphatic carbocycles. The van der Waals surface area contributed by atoms with Crippen LogP contribution in [-0.4, -0.2) is 12.5 Å². The minimum atomic E-state index is -4.43. The highest BCUT2D eigenvalue weighted by Crippen LogP contribution is 2.34. The summed E-state index contributed by atoms with van der Waals surface area (Å²) in [5.74, 6) is -0.289. The molecule has 1 rings (SSSR count). The smallest absolute Gasteiger partial charge is 0.330 e. The quantitative estimate of drug-likeness (QED) is 0.706. The zero-order chi connectivity index (χ0) is 15.9. The predicted octanol–water partition coefficient (Wildman–Crippen LogP) is 4.32. The molecule has 0 aliphatic heterocycles. The Morgan fingerprint density at radius 2 is 1.86 bits per heavy atom. The number of halogens is 4. The number of unbranched alkanes of at least 4 members (excludes halogenated alkanes) is 3. The van der Waals surface area contributed by atoms with Gasteiger partial charge in [-0.3, -0.25) is 4.79 Å². The third-order valence-electron chi connectivity index (χ3n) is 2.93. The first kappa shape index (κ1) is 18.0. The summed E-state index contributed by atoms with van der Waals surface area (Å²) >= 11 is 3.13. The van der Waals surface area contributed by atoms with E-state index in [1.807, 2.05) is 0 Å². The Hall–Kier alpha value is -1.08. The van der Waals surface area contributed by atoms with Crippen LogP contribution < -0.4 is 11.1 Å². The van der Waals surface area contributed by atoms with Gasteiger partial charge in [0.25, 0.3) is 0 Å². The van der Waals surface area contributed by atoms with Crippen molar-refractivity contribution >= 4 is 27.5 Å². The van der Waals surface area contributed by atoms with Crippen LogP contribution in [-0.2, 0) is 11.0 Å². The number of carbonyl (C=O) groups is 1. The Bertz CT molecular complexity index is 478. The minimum Gasteiger partial charge on any atom is -0.330 e. The molecule has 3 nitrogen and oxygen atoms in total. The second-order valence-corrected chi connectivity index (χ2v) is 5.55. The molecule has 0 saturated heterocycles. The lowest BCUT2D eigenvalue weighted by Gasteiger charge is -2.11. The van der Waals surface area contributed by atoms with Crippen LogP contribution in [0.1, 0.15) is 37.7 Å². The number of anilines is 1. The Morgan fingerprint density at radius 3 is 2.48 bits per heavy atom. The molecule has 0 saturated carbocycles. The molecule has 0 heterocycles. The van der Waals surface area contributed by atoms with Crippen molar-refractivity contribution < 1.29 is 18.0 Å². The van der Waals surface area contributed by atoms with Crippen molar-refractivity contribution in [2.75, 3.05) is 11.9 Å². The van der Waals surface area contributed by atoms with Crippen LogP contribution in [0.3, 0.4) is 0 Å². The summed E-state index contributed by atoms with van der Waals surface area (Å²) in [4.78, 5) is 11.7. The average molecular weight is 367 g/mol. The van der Waals surface area contributed by atoms with Gasteiger partial charge >= 0.3 is 6.18 Å². The predicted molar refractivity (Wildman–Crippen MR) is 79.9 cm³/mol. The Labute approximate surface area is 130 Å². The monoisotopic (exact) mass is 366 g/mol. The summed E-state index contributed by atoms with van der Waals surface area (Å²) in [6, 6.07) is 3.17. The lowest BCUT2D eigenvalue weighted by atomic mass is 10.1. The van der Waals surface area contributed by atoms with Gasteiger partial charge in [0.05, 0.1) is 11.3 Å². The maximum absolute atomic E-state index is 12.6. The van der Waals surface area contributed by atoms with E-state index in [2.05, 4.69) is 21.2 Å². The average Bonchev–Trinajstić information content (AvgIpc) is 2.40. The molecule has 1 amide bonds. The topological polar surface area (TPSA) is 55.1 Å². The van der Waals surface area contributed by atoms with Gasteiger partial charge in [-0.2, -0.15) is 13.2 Å². The number of alkyl halides is 3.